The third-order valence-electron chi connectivity index (χ3n) is 6.11. The second-order valence-corrected chi connectivity index (χ2v) is 8.27. The van der Waals surface area contributed by atoms with Crippen molar-refractivity contribution in [1.82, 2.24) is 0 Å². The molecule has 0 saturated carbocycles. The summed E-state index contributed by atoms with van der Waals surface area (Å²) in [6, 6.07) is 7.90. The van der Waals surface area contributed by atoms with Gasteiger partial charge in [-0.25, -0.2) is 26.3 Å². The number of fused-ring (bicyclic) bond motifs is 3. The summed E-state index contributed by atoms with van der Waals surface area (Å²) >= 11 is 0. The molecule has 0 fully saturated rings. The Morgan fingerprint density at radius 1 is 0.758 bits per heavy atom. The van der Waals surface area contributed by atoms with Crippen molar-refractivity contribution in [1.29, 1.82) is 0 Å². The molecule has 0 nitrogen and oxygen atoms in total. The molecule has 4 rings (SSSR count). The number of allylic oxidation sites excluding steroid dienone is 1. The normalized spacial score (nSPS) is 14.0. The lowest BCUT2D eigenvalue weighted by atomic mass is 9.80. The lowest BCUT2D eigenvalue weighted by Crippen LogP contribution is -2.26. The minimum Gasteiger partial charge on any atom is -0.206 e. The first-order valence-electron chi connectivity index (χ1n) is 10.8. The molecule has 3 aromatic carbocycles. The van der Waals surface area contributed by atoms with Crippen LogP contribution in [-0.2, 0) is 25.2 Å². The SMILES string of the molecule is C=CCCc1ccc(-c2ccc3c(c2F)C(F)(F)Cc2c-3ccc(CCC)c2F)c(F)c1F. The Morgan fingerprint density at radius 3 is 2.00 bits per heavy atom. The number of alkyl halides is 2. The molecule has 0 saturated heterocycles. The second-order valence-electron chi connectivity index (χ2n) is 8.27. The molecule has 3 aromatic rings. The standard InChI is InChI=1S/C27H22F6/c1-3-5-7-16-9-11-20(26(31)24(16)29)19-13-12-18-17-10-8-15(6-4-2)23(28)21(17)14-27(32,33)22(18)25(19)30/h3,8-13H,1,4-7,14H2,2H3. The van der Waals surface area contributed by atoms with E-state index in [0.29, 0.717) is 24.8 Å². The van der Waals surface area contributed by atoms with Crippen LogP contribution in [0.25, 0.3) is 22.3 Å². The van der Waals surface area contributed by atoms with Gasteiger partial charge in [0.15, 0.2) is 11.6 Å². The van der Waals surface area contributed by atoms with Crippen molar-refractivity contribution in [2.75, 3.05) is 0 Å². The topological polar surface area (TPSA) is 0 Å². The second kappa shape index (κ2) is 8.73. The van der Waals surface area contributed by atoms with E-state index < -0.39 is 52.3 Å². The van der Waals surface area contributed by atoms with Crippen LogP contribution in [0, 0.1) is 23.3 Å². The minimum atomic E-state index is -3.72. The molecule has 0 aliphatic heterocycles. The quantitative estimate of drug-likeness (QED) is 0.256. The molecule has 0 N–H and O–H groups in total. The first-order chi connectivity index (χ1) is 15.7. The smallest absolute Gasteiger partial charge is 0.206 e. The fourth-order valence-corrected chi connectivity index (χ4v) is 4.48. The van der Waals surface area contributed by atoms with Gasteiger partial charge in [0.1, 0.15) is 11.6 Å². The van der Waals surface area contributed by atoms with E-state index in [-0.39, 0.29) is 28.7 Å². The lowest BCUT2D eigenvalue weighted by Gasteiger charge is -2.29. The Balaban J connectivity index is 1.88. The zero-order valence-corrected chi connectivity index (χ0v) is 18.1. The van der Waals surface area contributed by atoms with Crippen LogP contribution in [0.5, 0.6) is 0 Å². The largest absolute Gasteiger partial charge is 0.280 e. The summed E-state index contributed by atoms with van der Waals surface area (Å²) in [5.74, 6) is -8.20. The van der Waals surface area contributed by atoms with Gasteiger partial charge in [0, 0.05) is 23.1 Å². The molecule has 1 aliphatic carbocycles. The Hall–Kier alpha value is -3.02. The summed E-state index contributed by atoms with van der Waals surface area (Å²) in [4.78, 5) is 0. The molecule has 33 heavy (non-hydrogen) atoms. The van der Waals surface area contributed by atoms with Crippen LogP contribution < -0.4 is 0 Å². The van der Waals surface area contributed by atoms with Gasteiger partial charge in [0.25, 0.3) is 5.92 Å². The maximum Gasteiger partial charge on any atom is 0.280 e. The van der Waals surface area contributed by atoms with E-state index >= 15 is 13.2 Å². The average Bonchev–Trinajstić information content (AvgIpc) is 2.77. The van der Waals surface area contributed by atoms with Crippen molar-refractivity contribution < 1.29 is 26.3 Å². The van der Waals surface area contributed by atoms with Gasteiger partial charge < -0.3 is 0 Å². The van der Waals surface area contributed by atoms with Crippen LogP contribution in [0.4, 0.5) is 26.3 Å². The first kappa shape index (κ1) is 23.1. The Bertz CT molecular complexity index is 1240. The lowest BCUT2D eigenvalue weighted by molar-refractivity contribution is -0.00906. The van der Waals surface area contributed by atoms with Gasteiger partial charge in [-0.2, -0.15) is 0 Å². The Kier molecular flexibility index (Phi) is 6.12. The summed E-state index contributed by atoms with van der Waals surface area (Å²) in [7, 11) is 0. The van der Waals surface area contributed by atoms with Crippen molar-refractivity contribution in [3.05, 3.63) is 94.6 Å². The molecule has 0 spiro atoms. The van der Waals surface area contributed by atoms with E-state index in [0.717, 1.165) is 6.07 Å². The molecule has 172 valence electrons. The highest BCUT2D eigenvalue weighted by Crippen LogP contribution is 2.49. The van der Waals surface area contributed by atoms with E-state index in [2.05, 4.69) is 6.58 Å². The average molecular weight is 460 g/mol. The van der Waals surface area contributed by atoms with Gasteiger partial charge in [0.2, 0.25) is 0 Å². The van der Waals surface area contributed by atoms with Crippen molar-refractivity contribution in [3.63, 3.8) is 0 Å². The highest BCUT2D eigenvalue weighted by atomic mass is 19.3. The molecule has 0 amide bonds. The maximum atomic E-state index is 15.5. The number of halogens is 6. The first-order valence-corrected chi connectivity index (χ1v) is 10.8. The van der Waals surface area contributed by atoms with Crippen molar-refractivity contribution >= 4 is 0 Å². The monoisotopic (exact) mass is 460 g/mol. The van der Waals surface area contributed by atoms with E-state index in [9.17, 15) is 13.2 Å². The molecule has 0 unspecified atom stereocenters. The molecule has 0 atom stereocenters. The maximum absolute atomic E-state index is 15.5. The number of rotatable bonds is 6. The highest BCUT2D eigenvalue weighted by molar-refractivity contribution is 5.79. The summed E-state index contributed by atoms with van der Waals surface area (Å²) in [6.45, 7) is 5.39. The van der Waals surface area contributed by atoms with Crippen LogP contribution in [-0.4, -0.2) is 0 Å². The molecule has 0 heterocycles. The molecule has 6 heteroatoms. The van der Waals surface area contributed by atoms with Crippen LogP contribution >= 0.6 is 0 Å². The van der Waals surface area contributed by atoms with E-state index in [1.165, 1.54) is 30.3 Å². The fraction of sp³-hybridized carbons (Fsp3) is 0.259. The Morgan fingerprint density at radius 2 is 1.33 bits per heavy atom. The summed E-state index contributed by atoms with van der Waals surface area (Å²) in [5, 5.41) is 0. The summed E-state index contributed by atoms with van der Waals surface area (Å²) in [6.07, 6.45) is 2.23. The van der Waals surface area contributed by atoms with Crippen LogP contribution in [0.3, 0.4) is 0 Å². The van der Waals surface area contributed by atoms with Crippen LogP contribution in [0.1, 0.15) is 42.0 Å². The summed E-state index contributed by atoms with van der Waals surface area (Å²) in [5.41, 5.74) is -1.53. The molecular weight excluding hydrogens is 438 g/mol. The van der Waals surface area contributed by atoms with Gasteiger partial charge in [-0.05, 0) is 41.5 Å². The molecule has 0 bridgehead atoms. The molecular formula is C27H22F6. The van der Waals surface area contributed by atoms with E-state index in [1.54, 1.807) is 6.08 Å². The Labute approximate surface area is 188 Å². The molecule has 0 radical (unpaired) electrons. The number of hydrogen-bond donors (Lipinski definition) is 0. The predicted octanol–water partition coefficient (Wildman–Crippen LogP) is 8.30. The van der Waals surface area contributed by atoms with Crippen LogP contribution in [0.15, 0.2) is 49.1 Å². The highest BCUT2D eigenvalue weighted by Gasteiger charge is 2.44. The predicted molar refractivity (Wildman–Crippen MR) is 117 cm³/mol. The number of hydrogen-bond acceptors (Lipinski definition) is 0. The zero-order valence-electron chi connectivity index (χ0n) is 18.1. The number of aryl methyl sites for hydroxylation is 2. The fourth-order valence-electron chi connectivity index (χ4n) is 4.48. The van der Waals surface area contributed by atoms with Crippen molar-refractivity contribution in [2.24, 2.45) is 0 Å². The van der Waals surface area contributed by atoms with E-state index in [4.69, 9.17) is 0 Å². The third kappa shape index (κ3) is 3.85. The van der Waals surface area contributed by atoms with Gasteiger partial charge in [-0.3, -0.25) is 0 Å². The number of benzene rings is 3. The molecule has 1 aliphatic rings. The van der Waals surface area contributed by atoms with Crippen LogP contribution in [0.2, 0.25) is 0 Å². The van der Waals surface area contributed by atoms with Crippen molar-refractivity contribution in [3.8, 4) is 22.3 Å². The zero-order chi connectivity index (χ0) is 23.9. The molecule has 0 aromatic heterocycles. The van der Waals surface area contributed by atoms with Gasteiger partial charge in [0.05, 0.1) is 5.56 Å². The van der Waals surface area contributed by atoms with Crippen molar-refractivity contribution in [2.45, 2.75) is 45.0 Å². The third-order valence-corrected chi connectivity index (χ3v) is 6.11. The van der Waals surface area contributed by atoms with Gasteiger partial charge in [-0.1, -0.05) is 55.8 Å². The minimum absolute atomic E-state index is 0.0899. The van der Waals surface area contributed by atoms with Gasteiger partial charge in [-0.15, -0.1) is 6.58 Å². The summed E-state index contributed by atoms with van der Waals surface area (Å²) < 4.78 is 89.9. The van der Waals surface area contributed by atoms with E-state index in [1.807, 2.05) is 6.92 Å². The van der Waals surface area contributed by atoms with Gasteiger partial charge >= 0.3 is 0 Å².